The largest absolute Gasteiger partial charge is 0.525 e. The van der Waals surface area contributed by atoms with Gasteiger partial charge in [0.15, 0.2) is 0 Å². The zero-order chi connectivity index (χ0) is 16.4. The minimum atomic E-state index is -1.24. The van der Waals surface area contributed by atoms with Crippen molar-refractivity contribution >= 4 is 12.3 Å². The molecule has 0 aliphatic heterocycles. The molecular weight excluding hydrogens is 537 g/mol. The maximum Gasteiger partial charge on any atom is 0.251 e. The molecule has 1 aromatic carbocycles. The van der Waals surface area contributed by atoms with Gasteiger partial charge in [-0.25, -0.2) is 0 Å². The molecule has 2 amide bonds. The van der Waals surface area contributed by atoms with E-state index in [-0.39, 0.29) is 0 Å². The molecule has 0 aromatic heterocycles. The third-order valence-electron chi connectivity index (χ3n) is 3.49. The van der Waals surface area contributed by atoms with E-state index >= 15 is 0 Å². The SMILES string of the molecule is CC.O=[C-]NC(CC1CC1)C(O)C(=O)NCc1ccccc1.[Fm]. The number of benzene rings is 1. The van der Waals surface area contributed by atoms with Gasteiger partial charge in [0.25, 0.3) is 5.91 Å². The van der Waals surface area contributed by atoms with Gasteiger partial charge in [-0.3, -0.25) is 4.79 Å². The fourth-order valence-electron chi connectivity index (χ4n) is 2.13. The van der Waals surface area contributed by atoms with Crippen molar-refractivity contribution < 1.29 is 14.7 Å². The third kappa shape index (κ3) is 7.09. The van der Waals surface area contributed by atoms with E-state index in [1.807, 2.05) is 44.2 Å². The summed E-state index contributed by atoms with van der Waals surface area (Å²) in [5.74, 6) is 0.0275. The van der Waals surface area contributed by atoms with Gasteiger partial charge >= 0.3 is 0 Å². The number of hydrogen-bond acceptors (Lipinski definition) is 3. The molecule has 1 aromatic rings. The van der Waals surface area contributed by atoms with E-state index in [2.05, 4.69) is 10.6 Å². The van der Waals surface area contributed by atoms with E-state index < -0.39 is 18.1 Å². The first-order valence-corrected chi connectivity index (χ1v) is 7.83. The quantitative estimate of drug-likeness (QED) is 0.332. The molecule has 1 saturated carbocycles. The predicted octanol–water partition coefficient (Wildman–Crippen LogP) is 1.52. The van der Waals surface area contributed by atoms with Crippen LogP contribution in [0.5, 0.6) is 0 Å². The van der Waals surface area contributed by atoms with Gasteiger partial charge < -0.3 is 20.5 Å². The number of aliphatic hydroxyl groups is 1. The Kier molecular flexibility index (Phi) is 9.44. The fourth-order valence-corrected chi connectivity index (χ4v) is 2.13. The van der Waals surface area contributed by atoms with Crippen LogP contribution < -0.4 is 10.6 Å². The number of carbonyl (C=O) groups excluding carboxylic acids is 2. The van der Waals surface area contributed by atoms with Gasteiger partial charge in [0.05, 0.1) is 0 Å². The van der Waals surface area contributed by atoms with Gasteiger partial charge in [-0.05, 0) is 17.9 Å². The molecule has 0 spiro atoms. The molecule has 6 heteroatoms. The molecule has 23 heavy (non-hydrogen) atoms. The minimum absolute atomic E-state index is 0. The van der Waals surface area contributed by atoms with Gasteiger partial charge in [0.1, 0.15) is 6.10 Å². The zero-order valence-electron chi connectivity index (χ0n) is 13.5. The molecule has 0 heterocycles. The Balaban J connectivity index is 0.00000155. The Morgan fingerprint density at radius 3 is 2.43 bits per heavy atom. The van der Waals surface area contributed by atoms with Gasteiger partial charge in [-0.2, -0.15) is 6.41 Å². The van der Waals surface area contributed by atoms with Crippen LogP contribution in [-0.4, -0.2) is 29.6 Å². The number of nitrogens with one attached hydrogen (secondary N) is 2. The van der Waals surface area contributed by atoms with Crippen LogP contribution >= 0.6 is 0 Å². The Bertz CT molecular complexity index is 452. The van der Waals surface area contributed by atoms with E-state index in [4.69, 9.17) is 0 Å². The number of amides is 2. The topological polar surface area (TPSA) is 78.4 Å². The summed E-state index contributed by atoms with van der Waals surface area (Å²) in [6.07, 6.45) is 3.14. The molecule has 1 aliphatic rings. The second kappa shape index (κ2) is 10.8. The second-order valence-electron chi connectivity index (χ2n) is 5.18. The van der Waals surface area contributed by atoms with Crippen LogP contribution in [0.15, 0.2) is 30.3 Å². The van der Waals surface area contributed by atoms with Crippen LogP contribution in [0.4, 0.5) is 0 Å². The molecule has 2 unspecified atom stereocenters. The first-order valence-electron chi connectivity index (χ1n) is 7.83. The summed E-state index contributed by atoms with van der Waals surface area (Å²) in [6, 6.07) is 8.90. The van der Waals surface area contributed by atoms with Gasteiger partial charge in [0.2, 0.25) is 0 Å². The number of carbonyl (C=O) groups is 1. The molecule has 1 fully saturated rings. The van der Waals surface area contributed by atoms with Gasteiger partial charge in [0, 0.05) is 12.6 Å². The smallest absolute Gasteiger partial charge is 0.251 e. The van der Waals surface area contributed by atoms with Crippen molar-refractivity contribution in [3.63, 3.8) is 0 Å². The zero-order valence-corrected chi connectivity index (χ0v) is 15.9. The summed E-state index contributed by atoms with van der Waals surface area (Å²) in [7, 11) is 0. The molecule has 1 aliphatic carbocycles. The molecule has 2 atom stereocenters. The first kappa shape index (κ1) is 20.1. The van der Waals surface area contributed by atoms with Gasteiger partial charge in [-0.15, -0.1) is 0 Å². The number of aliphatic hydroxyl groups excluding tert-OH is 1. The van der Waals surface area contributed by atoms with Crippen LogP contribution in [-0.2, 0) is 16.1 Å². The second-order valence-corrected chi connectivity index (χ2v) is 5.18. The van der Waals surface area contributed by atoms with E-state index in [9.17, 15) is 14.7 Å². The summed E-state index contributed by atoms with van der Waals surface area (Å²) in [4.78, 5) is 22.3. The molecule has 2 rings (SSSR count). The van der Waals surface area contributed by atoms with Crippen LogP contribution in [0.25, 0.3) is 0 Å². The Hall–Kier alpha value is -2.88. The number of hydrogen-bond donors (Lipinski definition) is 3. The normalized spacial score (nSPS) is 15.1. The monoisotopic (exact) mass is 562 g/mol. The summed E-state index contributed by atoms with van der Waals surface area (Å²) in [5, 5.41) is 15.1. The first-order chi connectivity index (χ1) is 10.7. The summed E-state index contributed by atoms with van der Waals surface area (Å²) in [6.45, 7) is 4.36. The van der Waals surface area contributed by atoms with Crippen LogP contribution in [0.1, 0.15) is 38.7 Å². The summed E-state index contributed by atoms with van der Waals surface area (Å²) < 4.78 is 0. The number of rotatable bonds is 8. The maximum absolute atomic E-state index is 11.9. The molecule has 134 valence electrons. The molecule has 0 saturated heterocycles. The van der Waals surface area contributed by atoms with E-state index in [0.29, 0.717) is 18.9 Å². The molecule has 3 N–H and O–H groups in total. The van der Waals surface area contributed by atoms with Crippen molar-refractivity contribution in [2.75, 3.05) is 0 Å². The third-order valence-corrected chi connectivity index (χ3v) is 3.49. The predicted molar refractivity (Wildman–Crippen MR) is 85.6 cm³/mol. The van der Waals surface area contributed by atoms with Crippen molar-refractivity contribution in [3.05, 3.63) is 35.9 Å². The molecular formula is C17H25FmN2O3-. The van der Waals surface area contributed by atoms with Crippen molar-refractivity contribution in [1.29, 1.82) is 0 Å². The van der Waals surface area contributed by atoms with Gasteiger partial charge in [-0.1, -0.05) is 57.0 Å². The van der Waals surface area contributed by atoms with E-state index in [1.165, 1.54) is 0 Å². The van der Waals surface area contributed by atoms with E-state index in [0.717, 1.165) is 18.4 Å². The van der Waals surface area contributed by atoms with Crippen molar-refractivity contribution in [2.45, 2.75) is 51.8 Å². The molecule has 5 nitrogen and oxygen atoms in total. The Labute approximate surface area is 132 Å². The standard InChI is InChI=1S/C15H19N2O3.C2H6.Fm/c18-10-17-13(8-11-6-7-11)14(19)15(20)16-9-12-4-2-1-3-5-12;1-2;/h1-5,11,13-14,19H,6-9H2,(H,16,20)(H,17,18);1-2H3;/q-1;;. The minimum Gasteiger partial charge on any atom is -0.525 e. The van der Waals surface area contributed by atoms with Crippen molar-refractivity contribution in [3.8, 4) is 0 Å². The van der Waals surface area contributed by atoms with Crippen LogP contribution in [0, 0.1) is 5.92 Å². The van der Waals surface area contributed by atoms with E-state index in [1.54, 1.807) is 6.41 Å². The average molecular weight is 562 g/mol. The summed E-state index contributed by atoms with van der Waals surface area (Å²) in [5.41, 5.74) is 0.960. The van der Waals surface area contributed by atoms with Crippen molar-refractivity contribution in [2.24, 2.45) is 5.92 Å². The average Bonchev–Trinajstić information content (AvgIpc) is 3.38. The van der Waals surface area contributed by atoms with Crippen LogP contribution in [0.3, 0.4) is 0 Å². The summed E-state index contributed by atoms with van der Waals surface area (Å²) >= 11 is 0. The van der Waals surface area contributed by atoms with Crippen molar-refractivity contribution in [1.82, 2.24) is 10.6 Å². The van der Waals surface area contributed by atoms with Crippen LogP contribution in [0.2, 0.25) is 0 Å². The maximum atomic E-state index is 11.9. The Morgan fingerprint density at radius 2 is 1.91 bits per heavy atom. The molecule has 0 radical (unpaired) electrons. The Morgan fingerprint density at radius 1 is 1.30 bits per heavy atom. The molecule has 0 bridgehead atoms. The fraction of sp³-hybridized carbons (Fsp3) is 0.529.